The number of guanidine groups is 1. The zero-order chi connectivity index (χ0) is 21.2. The van der Waals surface area contributed by atoms with Gasteiger partial charge in [0.05, 0.1) is 19.8 Å². The van der Waals surface area contributed by atoms with E-state index in [2.05, 4.69) is 49.6 Å². The normalized spacial score (nSPS) is 19.6. The lowest BCUT2D eigenvalue weighted by molar-refractivity contribution is 0.128. The van der Waals surface area contributed by atoms with Gasteiger partial charge in [-0.2, -0.15) is 0 Å². The maximum atomic E-state index is 6.17. The van der Waals surface area contributed by atoms with Gasteiger partial charge < -0.3 is 24.8 Å². The van der Waals surface area contributed by atoms with Gasteiger partial charge in [0.15, 0.2) is 5.96 Å². The van der Waals surface area contributed by atoms with Crippen LogP contribution in [-0.2, 0) is 16.0 Å². The maximum Gasteiger partial charge on any atom is 0.191 e. The number of nitrogens with one attached hydrogen (secondary N) is 2. The van der Waals surface area contributed by atoms with Crippen LogP contribution in [0.1, 0.15) is 50.7 Å². The first-order valence-corrected chi connectivity index (χ1v) is 11.5. The molecule has 31 heavy (non-hydrogen) atoms. The molecule has 1 atom stereocenters. The summed E-state index contributed by atoms with van der Waals surface area (Å²) in [5, 5.41) is 6.93. The second kappa shape index (κ2) is 13.5. The molecule has 1 aromatic carbocycles. The van der Waals surface area contributed by atoms with Crippen LogP contribution < -0.4 is 15.4 Å². The van der Waals surface area contributed by atoms with E-state index in [0.29, 0.717) is 24.5 Å². The predicted molar refractivity (Wildman–Crippen MR) is 137 cm³/mol. The van der Waals surface area contributed by atoms with Gasteiger partial charge in [0.25, 0.3) is 0 Å². The van der Waals surface area contributed by atoms with Crippen LogP contribution in [0.2, 0.25) is 0 Å². The molecule has 1 aliphatic carbocycles. The maximum absolute atomic E-state index is 6.17. The molecule has 1 saturated carbocycles. The van der Waals surface area contributed by atoms with E-state index >= 15 is 0 Å². The van der Waals surface area contributed by atoms with Gasteiger partial charge in [-0.05, 0) is 63.5 Å². The van der Waals surface area contributed by atoms with Gasteiger partial charge >= 0.3 is 0 Å². The molecule has 1 saturated heterocycles. The number of aliphatic imine (C=N–C) groups is 1. The lowest BCUT2D eigenvalue weighted by Crippen LogP contribution is -2.40. The summed E-state index contributed by atoms with van der Waals surface area (Å²) in [7, 11) is 0. The Morgan fingerprint density at radius 1 is 1.26 bits per heavy atom. The molecule has 1 aromatic rings. The molecule has 3 rings (SSSR count). The van der Waals surface area contributed by atoms with Crippen LogP contribution in [0, 0.1) is 18.3 Å². The molecule has 0 aromatic heterocycles. The van der Waals surface area contributed by atoms with Gasteiger partial charge in [-0.3, -0.25) is 0 Å². The largest absolute Gasteiger partial charge is 0.493 e. The Hall–Kier alpha value is -1.06. The summed E-state index contributed by atoms with van der Waals surface area (Å²) in [4.78, 5) is 4.84. The Balaban J connectivity index is 0.00000341. The second-order valence-electron chi connectivity index (χ2n) is 8.65. The van der Waals surface area contributed by atoms with Crippen molar-refractivity contribution in [2.45, 2.75) is 53.0 Å². The fourth-order valence-electron chi connectivity index (χ4n) is 3.75. The molecule has 0 radical (unpaired) electrons. The molecule has 0 spiro atoms. The first-order chi connectivity index (χ1) is 14.6. The fourth-order valence-corrected chi connectivity index (χ4v) is 3.75. The lowest BCUT2D eigenvalue weighted by Gasteiger charge is -2.19. The van der Waals surface area contributed by atoms with E-state index in [9.17, 15) is 0 Å². The van der Waals surface area contributed by atoms with Gasteiger partial charge in [-0.25, -0.2) is 4.99 Å². The number of benzene rings is 1. The van der Waals surface area contributed by atoms with E-state index < -0.39 is 0 Å². The summed E-state index contributed by atoms with van der Waals surface area (Å²) in [6.07, 6.45) is 4.74. The number of ether oxygens (including phenoxy) is 3. The van der Waals surface area contributed by atoms with Crippen molar-refractivity contribution < 1.29 is 14.2 Å². The van der Waals surface area contributed by atoms with Crippen molar-refractivity contribution in [2.24, 2.45) is 16.3 Å². The molecule has 7 heteroatoms. The minimum atomic E-state index is 0. The van der Waals surface area contributed by atoms with Crippen LogP contribution in [-0.4, -0.2) is 52.1 Å². The van der Waals surface area contributed by atoms with Crippen LogP contribution in [0.15, 0.2) is 23.2 Å². The molecule has 1 unspecified atom stereocenters. The first kappa shape index (κ1) is 26.2. The van der Waals surface area contributed by atoms with Crippen molar-refractivity contribution in [3.05, 3.63) is 29.3 Å². The van der Waals surface area contributed by atoms with Crippen molar-refractivity contribution in [1.29, 1.82) is 0 Å². The molecular formula is C24H40IN3O3. The Kier molecular flexibility index (Phi) is 11.4. The van der Waals surface area contributed by atoms with Crippen molar-refractivity contribution in [2.75, 3.05) is 46.1 Å². The summed E-state index contributed by atoms with van der Waals surface area (Å²) < 4.78 is 17.2. The Morgan fingerprint density at radius 2 is 2.10 bits per heavy atom. The molecule has 2 fully saturated rings. The number of hydrogen-bond donors (Lipinski definition) is 2. The molecule has 0 bridgehead atoms. The Bertz CT molecular complexity index is 689. The first-order valence-electron chi connectivity index (χ1n) is 11.5. The number of hydrogen-bond acceptors (Lipinski definition) is 4. The number of aryl methyl sites for hydroxylation is 1. The zero-order valence-corrected chi connectivity index (χ0v) is 21.7. The second-order valence-corrected chi connectivity index (χ2v) is 8.65. The van der Waals surface area contributed by atoms with Gasteiger partial charge in [-0.1, -0.05) is 12.1 Å². The van der Waals surface area contributed by atoms with Crippen LogP contribution in [0.25, 0.3) is 0 Å². The molecule has 176 valence electrons. The molecule has 1 aliphatic heterocycles. The summed E-state index contributed by atoms with van der Waals surface area (Å²) in [5.74, 6) is 2.31. The van der Waals surface area contributed by atoms with E-state index in [1.54, 1.807) is 0 Å². The number of halogens is 1. The molecule has 6 nitrogen and oxygen atoms in total. The molecule has 0 amide bonds. The highest BCUT2D eigenvalue weighted by molar-refractivity contribution is 14.0. The minimum absolute atomic E-state index is 0. The Labute approximate surface area is 204 Å². The van der Waals surface area contributed by atoms with Crippen molar-refractivity contribution >= 4 is 29.9 Å². The molecule has 2 N–H and O–H groups in total. The van der Waals surface area contributed by atoms with Crippen LogP contribution >= 0.6 is 24.0 Å². The van der Waals surface area contributed by atoms with Crippen LogP contribution in [0.5, 0.6) is 5.75 Å². The fraction of sp³-hybridized carbons (Fsp3) is 0.708. The zero-order valence-electron chi connectivity index (χ0n) is 19.4. The third-order valence-electron chi connectivity index (χ3n) is 6.04. The summed E-state index contributed by atoms with van der Waals surface area (Å²) in [6.45, 7) is 12.6. The third-order valence-corrected chi connectivity index (χ3v) is 6.04. The predicted octanol–water partition coefficient (Wildman–Crippen LogP) is 4.29. The van der Waals surface area contributed by atoms with Crippen molar-refractivity contribution in [3.63, 3.8) is 0 Å². The molecule has 2 aliphatic rings. The van der Waals surface area contributed by atoms with Gasteiger partial charge in [0, 0.05) is 44.4 Å². The van der Waals surface area contributed by atoms with E-state index in [0.717, 1.165) is 69.6 Å². The van der Waals surface area contributed by atoms with Crippen molar-refractivity contribution in [1.82, 2.24) is 10.6 Å². The average Bonchev–Trinajstić information content (AvgIpc) is 3.31. The number of nitrogens with zero attached hydrogens (tertiary/aromatic N) is 1. The van der Waals surface area contributed by atoms with Crippen molar-refractivity contribution in [3.8, 4) is 5.75 Å². The molecule has 1 heterocycles. The highest BCUT2D eigenvalue weighted by Crippen LogP contribution is 2.48. The highest BCUT2D eigenvalue weighted by atomic mass is 127. The topological polar surface area (TPSA) is 64.1 Å². The van der Waals surface area contributed by atoms with Gasteiger partial charge in [0.2, 0.25) is 0 Å². The van der Waals surface area contributed by atoms with E-state index in [4.69, 9.17) is 19.2 Å². The molecular weight excluding hydrogens is 505 g/mol. The SMILES string of the molecule is CCNC(=NCc1ccc(C)cc1OCC1CCOC1)NCC1(CCOCC)CC1.I. The summed E-state index contributed by atoms with van der Waals surface area (Å²) in [6, 6.07) is 6.38. The Morgan fingerprint density at radius 3 is 2.77 bits per heavy atom. The number of rotatable bonds is 12. The average molecular weight is 546 g/mol. The van der Waals surface area contributed by atoms with Gasteiger partial charge in [-0.15, -0.1) is 24.0 Å². The quantitative estimate of drug-likeness (QED) is 0.178. The third kappa shape index (κ3) is 8.77. The van der Waals surface area contributed by atoms with Gasteiger partial charge in [0.1, 0.15) is 5.75 Å². The lowest BCUT2D eigenvalue weighted by atomic mass is 10.0. The summed E-state index contributed by atoms with van der Waals surface area (Å²) >= 11 is 0. The monoisotopic (exact) mass is 545 g/mol. The smallest absolute Gasteiger partial charge is 0.191 e. The van der Waals surface area contributed by atoms with E-state index in [1.807, 2.05) is 0 Å². The van der Waals surface area contributed by atoms with Crippen LogP contribution in [0.4, 0.5) is 0 Å². The standard InChI is InChI=1S/C24H39N3O3.HI/c1-4-25-23(27-18-24(9-10-24)11-13-28-5-2)26-15-21-7-6-19(3)14-22(21)30-17-20-8-12-29-16-20;/h6-7,14,20H,4-5,8-13,15-18H2,1-3H3,(H2,25,26,27);1H. The van der Waals surface area contributed by atoms with E-state index in [1.165, 1.54) is 18.4 Å². The van der Waals surface area contributed by atoms with Crippen LogP contribution in [0.3, 0.4) is 0 Å². The minimum Gasteiger partial charge on any atom is -0.493 e. The highest BCUT2D eigenvalue weighted by Gasteiger charge is 2.41. The van der Waals surface area contributed by atoms with E-state index in [-0.39, 0.29) is 24.0 Å². The summed E-state index contributed by atoms with van der Waals surface area (Å²) in [5.41, 5.74) is 2.71.